The van der Waals surface area contributed by atoms with Crippen LogP contribution in [0.15, 0.2) is 62.3 Å². The molecule has 0 saturated carbocycles. The second-order valence-electron chi connectivity index (χ2n) is 6.59. The Kier molecular flexibility index (Phi) is 8.07. The summed E-state index contributed by atoms with van der Waals surface area (Å²) in [7, 11) is 0.0907. The van der Waals surface area contributed by atoms with Gasteiger partial charge in [-0.3, -0.25) is 9.59 Å². The number of methoxy groups -OCH3 is 3. The summed E-state index contributed by atoms with van der Waals surface area (Å²) in [6, 6.07) is 8.76. The van der Waals surface area contributed by atoms with Crippen molar-refractivity contribution in [2.24, 2.45) is 0 Å². The number of aromatic amines is 1. The normalized spacial score (nSPS) is 11.1. The molecule has 34 heavy (non-hydrogen) atoms. The third-order valence-corrected chi connectivity index (χ3v) is 7.40. The van der Waals surface area contributed by atoms with Crippen LogP contribution in [0.4, 0.5) is 5.69 Å². The average Bonchev–Trinajstić information content (AvgIpc) is 2.82. The smallest absolute Gasteiger partial charge is 0.270 e. The van der Waals surface area contributed by atoms with Crippen molar-refractivity contribution in [1.29, 1.82) is 0 Å². The molecule has 0 saturated heterocycles. The molecule has 0 unspecified atom stereocenters. The van der Waals surface area contributed by atoms with Crippen molar-refractivity contribution in [2.45, 2.75) is 14.9 Å². The number of sulfone groups is 1. The Balaban J connectivity index is 1.72. The van der Waals surface area contributed by atoms with E-state index in [4.69, 9.17) is 25.8 Å². The number of ether oxygens (including phenoxy) is 3. The number of amides is 1. The zero-order valence-corrected chi connectivity index (χ0v) is 20.6. The zero-order valence-electron chi connectivity index (χ0n) is 18.2. The van der Waals surface area contributed by atoms with Gasteiger partial charge in [0.2, 0.25) is 15.7 Å². The van der Waals surface area contributed by atoms with E-state index < -0.39 is 20.3 Å². The van der Waals surface area contributed by atoms with Gasteiger partial charge < -0.3 is 24.5 Å². The molecule has 1 amide bonds. The predicted molar refractivity (Wildman–Crippen MR) is 127 cm³/mol. The molecule has 3 rings (SSSR count). The molecule has 13 heteroatoms. The van der Waals surface area contributed by atoms with E-state index in [-0.39, 0.29) is 27.5 Å². The average molecular weight is 526 g/mol. The summed E-state index contributed by atoms with van der Waals surface area (Å²) in [5.74, 6) is 0.545. The number of rotatable bonds is 9. The highest BCUT2D eigenvalue weighted by Gasteiger charge is 2.24. The highest BCUT2D eigenvalue weighted by molar-refractivity contribution is 7.99. The molecule has 180 valence electrons. The van der Waals surface area contributed by atoms with Crippen LogP contribution >= 0.6 is 23.4 Å². The maximum atomic E-state index is 12.9. The summed E-state index contributed by atoms with van der Waals surface area (Å²) < 4.78 is 41.1. The maximum absolute atomic E-state index is 12.9. The number of hydrogen-bond donors (Lipinski definition) is 2. The molecular weight excluding hydrogens is 506 g/mol. The Morgan fingerprint density at radius 2 is 1.74 bits per heavy atom. The number of H-pyrrole nitrogens is 1. The molecule has 0 spiro atoms. The molecule has 0 aliphatic heterocycles. The number of hydrogen-bond acceptors (Lipinski definition) is 9. The Morgan fingerprint density at radius 1 is 1.06 bits per heavy atom. The summed E-state index contributed by atoms with van der Waals surface area (Å²) in [6.45, 7) is 0. The van der Waals surface area contributed by atoms with Gasteiger partial charge in [-0.1, -0.05) is 23.4 Å². The minimum atomic E-state index is -4.18. The minimum absolute atomic E-state index is 0.0826. The molecule has 0 aliphatic carbocycles. The van der Waals surface area contributed by atoms with Crippen LogP contribution in [0.25, 0.3) is 0 Å². The van der Waals surface area contributed by atoms with Gasteiger partial charge in [-0.05, 0) is 30.3 Å². The highest BCUT2D eigenvalue weighted by atomic mass is 35.5. The molecule has 3 aromatic rings. The van der Waals surface area contributed by atoms with Crippen molar-refractivity contribution in [3.8, 4) is 17.2 Å². The van der Waals surface area contributed by atoms with Crippen molar-refractivity contribution in [3.63, 3.8) is 0 Å². The number of carbonyl (C=O) groups excluding carboxylic acids is 1. The second kappa shape index (κ2) is 10.8. The summed E-state index contributed by atoms with van der Waals surface area (Å²) in [5.41, 5.74) is -0.399. The fourth-order valence-electron chi connectivity index (χ4n) is 2.82. The number of carbonyl (C=O) groups is 1. The van der Waals surface area contributed by atoms with E-state index in [2.05, 4.69) is 15.3 Å². The van der Waals surface area contributed by atoms with Gasteiger partial charge in [0.15, 0.2) is 21.6 Å². The van der Waals surface area contributed by atoms with E-state index in [1.54, 1.807) is 12.1 Å². The molecule has 1 aromatic heterocycles. The van der Waals surface area contributed by atoms with E-state index in [1.165, 1.54) is 45.6 Å². The van der Waals surface area contributed by atoms with Gasteiger partial charge in [0.1, 0.15) is 5.75 Å². The Bertz CT molecular complexity index is 1380. The van der Waals surface area contributed by atoms with Gasteiger partial charge in [0.25, 0.3) is 5.56 Å². The predicted octanol–water partition coefficient (Wildman–Crippen LogP) is 3.01. The van der Waals surface area contributed by atoms with Gasteiger partial charge in [-0.25, -0.2) is 13.4 Å². The topological polar surface area (TPSA) is 137 Å². The van der Waals surface area contributed by atoms with Gasteiger partial charge in [0.05, 0.1) is 43.2 Å². The lowest BCUT2D eigenvalue weighted by Gasteiger charge is -2.10. The largest absolute Gasteiger partial charge is 0.495 e. The molecule has 2 aromatic carbocycles. The first-order valence-electron chi connectivity index (χ1n) is 9.52. The van der Waals surface area contributed by atoms with Crippen molar-refractivity contribution >= 4 is 44.8 Å². The first-order chi connectivity index (χ1) is 16.2. The first kappa shape index (κ1) is 25.4. The van der Waals surface area contributed by atoms with Crippen molar-refractivity contribution in [3.05, 3.63) is 58.0 Å². The van der Waals surface area contributed by atoms with Crippen molar-refractivity contribution in [1.82, 2.24) is 9.97 Å². The quantitative estimate of drug-likeness (QED) is 0.319. The lowest BCUT2D eigenvalue weighted by atomic mass is 10.3. The van der Waals surface area contributed by atoms with Gasteiger partial charge in [-0.2, -0.15) is 0 Å². The van der Waals surface area contributed by atoms with Crippen molar-refractivity contribution < 1.29 is 27.4 Å². The van der Waals surface area contributed by atoms with E-state index in [9.17, 15) is 18.0 Å². The fraction of sp³-hybridized carbons (Fsp3) is 0.190. The lowest BCUT2D eigenvalue weighted by Crippen LogP contribution is -2.20. The van der Waals surface area contributed by atoms with E-state index >= 15 is 0 Å². The summed E-state index contributed by atoms with van der Waals surface area (Å²) >= 11 is 6.97. The monoisotopic (exact) mass is 525 g/mol. The summed E-state index contributed by atoms with van der Waals surface area (Å²) in [4.78, 5) is 30.4. The van der Waals surface area contributed by atoms with E-state index in [0.29, 0.717) is 22.2 Å². The van der Waals surface area contributed by atoms with Crippen LogP contribution in [0.5, 0.6) is 17.2 Å². The Morgan fingerprint density at radius 3 is 2.35 bits per heavy atom. The van der Waals surface area contributed by atoms with Gasteiger partial charge in [-0.15, -0.1) is 0 Å². The minimum Gasteiger partial charge on any atom is -0.495 e. The van der Waals surface area contributed by atoms with Gasteiger partial charge in [0, 0.05) is 11.8 Å². The van der Waals surface area contributed by atoms with Gasteiger partial charge >= 0.3 is 0 Å². The zero-order chi connectivity index (χ0) is 24.9. The molecule has 0 fully saturated rings. The van der Waals surface area contributed by atoms with E-state index in [1.807, 2.05) is 0 Å². The molecule has 2 N–H and O–H groups in total. The van der Waals surface area contributed by atoms with Crippen LogP contribution in [0, 0.1) is 0 Å². The number of nitrogens with one attached hydrogen (secondary N) is 2. The molecule has 0 aliphatic rings. The number of halogens is 1. The summed E-state index contributed by atoms with van der Waals surface area (Å²) in [6.07, 6.45) is 0.953. The molecule has 1 heterocycles. The second-order valence-corrected chi connectivity index (χ2v) is 9.88. The first-order valence-corrected chi connectivity index (χ1v) is 12.4. The highest BCUT2D eigenvalue weighted by Crippen LogP contribution is 2.31. The molecule has 0 bridgehead atoms. The van der Waals surface area contributed by atoms with Crippen LogP contribution in [0.1, 0.15) is 0 Å². The standard InChI is InChI=1S/C21H20ClN3O7S2/c1-30-15-6-4-12(8-14(15)22)24-19(26)11-33-21-23-10-18(20(27)25-21)34(28,29)13-5-7-16(31-2)17(9-13)32-3/h4-10H,11H2,1-3H3,(H,24,26)(H,23,25,27). The third kappa shape index (κ3) is 5.64. The number of benzene rings is 2. The summed E-state index contributed by atoms with van der Waals surface area (Å²) in [5, 5.41) is 3.08. The van der Waals surface area contributed by atoms with Crippen LogP contribution < -0.4 is 25.1 Å². The molecule has 0 radical (unpaired) electrons. The van der Waals surface area contributed by atoms with Crippen LogP contribution in [-0.4, -0.2) is 51.4 Å². The van der Waals surface area contributed by atoms with E-state index in [0.717, 1.165) is 18.0 Å². The fourth-order valence-corrected chi connectivity index (χ4v) is 4.96. The molecule has 0 atom stereocenters. The number of anilines is 1. The Labute approximate surface area is 204 Å². The number of thioether (sulfide) groups is 1. The van der Waals surface area contributed by atoms with Crippen molar-refractivity contribution in [2.75, 3.05) is 32.4 Å². The number of nitrogens with zero attached hydrogens (tertiary/aromatic N) is 1. The maximum Gasteiger partial charge on any atom is 0.270 e. The Hall–Kier alpha value is -3.22. The van der Waals surface area contributed by atoms with Crippen LogP contribution in [0.2, 0.25) is 5.02 Å². The number of aromatic nitrogens is 2. The molecular formula is C21H20ClN3O7S2. The molecule has 10 nitrogen and oxygen atoms in total. The van der Waals surface area contributed by atoms with Crippen LogP contribution in [-0.2, 0) is 14.6 Å². The lowest BCUT2D eigenvalue weighted by molar-refractivity contribution is -0.113. The third-order valence-electron chi connectivity index (χ3n) is 4.47. The van der Waals surface area contributed by atoms with Crippen LogP contribution in [0.3, 0.4) is 0 Å². The SMILES string of the molecule is COc1ccc(NC(=O)CSc2ncc(S(=O)(=O)c3ccc(OC)c(OC)c3)c(=O)[nH]2)cc1Cl.